The molecule has 0 spiro atoms. The summed E-state index contributed by atoms with van der Waals surface area (Å²) in [5, 5.41) is 11.0. The van der Waals surface area contributed by atoms with E-state index in [0.717, 1.165) is 11.1 Å². The van der Waals surface area contributed by atoms with Gasteiger partial charge in [0.1, 0.15) is 11.2 Å². The number of hydrogen-bond donors (Lipinski definition) is 1. The molecule has 2 aromatic carbocycles. The van der Waals surface area contributed by atoms with Gasteiger partial charge in [-0.3, -0.25) is 0 Å². The van der Waals surface area contributed by atoms with Crippen molar-refractivity contribution in [2.75, 3.05) is 7.11 Å². The van der Waals surface area contributed by atoms with Crippen LogP contribution in [0.15, 0.2) is 60.7 Å². The van der Waals surface area contributed by atoms with E-state index < -0.39 is 11.2 Å². The molecule has 0 saturated heterocycles. The quantitative estimate of drug-likeness (QED) is 0.907. The molecule has 0 bridgehead atoms. The van der Waals surface area contributed by atoms with Crippen LogP contribution in [0.5, 0.6) is 0 Å². The van der Waals surface area contributed by atoms with Crippen molar-refractivity contribution in [3.05, 3.63) is 71.8 Å². The third-order valence-electron chi connectivity index (χ3n) is 4.00. The predicted octanol–water partition coefficient (Wildman–Crippen LogP) is 3.46. The fourth-order valence-electron chi connectivity index (χ4n) is 2.39. The van der Waals surface area contributed by atoms with Gasteiger partial charge in [-0.15, -0.1) is 0 Å². The maximum absolute atomic E-state index is 11.0. The summed E-state index contributed by atoms with van der Waals surface area (Å²) in [5.41, 5.74) is -0.144. The summed E-state index contributed by atoms with van der Waals surface area (Å²) in [7, 11) is 1.63. The first-order valence-electron chi connectivity index (χ1n) is 6.41. The van der Waals surface area contributed by atoms with Crippen LogP contribution in [-0.2, 0) is 15.9 Å². The summed E-state index contributed by atoms with van der Waals surface area (Å²) in [6.07, 6.45) is 0. The highest BCUT2D eigenvalue weighted by Gasteiger charge is 2.46. The molecule has 0 aromatic heterocycles. The van der Waals surface area contributed by atoms with Gasteiger partial charge in [-0.25, -0.2) is 0 Å². The summed E-state index contributed by atoms with van der Waals surface area (Å²) in [4.78, 5) is 0. The number of benzene rings is 2. The van der Waals surface area contributed by atoms with Crippen molar-refractivity contribution >= 4 is 0 Å². The molecule has 0 aliphatic rings. The minimum atomic E-state index is -1.12. The Morgan fingerprint density at radius 3 is 1.63 bits per heavy atom. The molecule has 1 N–H and O–H groups in total. The smallest absolute Gasteiger partial charge is 0.122 e. The lowest BCUT2D eigenvalue weighted by atomic mass is 9.75. The lowest BCUT2D eigenvalue weighted by Gasteiger charge is -2.42. The second kappa shape index (κ2) is 5.16. The first-order valence-corrected chi connectivity index (χ1v) is 6.41. The van der Waals surface area contributed by atoms with Crippen LogP contribution in [0.1, 0.15) is 25.0 Å². The third kappa shape index (κ3) is 2.29. The Balaban J connectivity index is 2.52. The highest BCUT2D eigenvalue weighted by atomic mass is 16.5. The second-order valence-electron chi connectivity index (χ2n) is 5.04. The number of aliphatic hydroxyl groups is 1. The van der Waals surface area contributed by atoms with E-state index in [2.05, 4.69) is 0 Å². The van der Waals surface area contributed by atoms with Gasteiger partial charge in [-0.1, -0.05) is 60.7 Å². The summed E-state index contributed by atoms with van der Waals surface area (Å²) in [6.45, 7) is 3.70. The maximum atomic E-state index is 11.0. The van der Waals surface area contributed by atoms with Gasteiger partial charge in [0, 0.05) is 7.11 Å². The van der Waals surface area contributed by atoms with Gasteiger partial charge in [0.25, 0.3) is 0 Å². The van der Waals surface area contributed by atoms with E-state index in [0.29, 0.717) is 0 Å². The molecule has 0 fully saturated rings. The molecule has 19 heavy (non-hydrogen) atoms. The standard InChI is InChI=1S/C17H20O2/c1-16(18,14-10-6-4-7-11-14)17(2,19-3)15-12-8-5-9-13-15/h4-13,18H,1-3H3. The largest absolute Gasteiger partial charge is 0.382 e. The van der Waals surface area contributed by atoms with Crippen LogP contribution >= 0.6 is 0 Å². The third-order valence-corrected chi connectivity index (χ3v) is 4.00. The minimum Gasteiger partial charge on any atom is -0.382 e. The van der Waals surface area contributed by atoms with Gasteiger partial charge in [-0.05, 0) is 25.0 Å². The van der Waals surface area contributed by atoms with Crippen molar-refractivity contribution in [2.45, 2.75) is 25.0 Å². The van der Waals surface area contributed by atoms with Crippen LogP contribution in [0.25, 0.3) is 0 Å². The monoisotopic (exact) mass is 256 g/mol. The molecule has 0 saturated carbocycles. The van der Waals surface area contributed by atoms with E-state index in [1.165, 1.54) is 0 Å². The first kappa shape index (κ1) is 13.8. The fraction of sp³-hybridized carbons (Fsp3) is 0.294. The summed E-state index contributed by atoms with van der Waals surface area (Å²) < 4.78 is 5.69. The van der Waals surface area contributed by atoms with Gasteiger partial charge in [0.05, 0.1) is 0 Å². The van der Waals surface area contributed by atoms with Gasteiger partial charge in [0.2, 0.25) is 0 Å². The zero-order valence-electron chi connectivity index (χ0n) is 11.6. The Kier molecular flexibility index (Phi) is 3.74. The van der Waals surface area contributed by atoms with Gasteiger partial charge < -0.3 is 9.84 Å². The van der Waals surface area contributed by atoms with Crippen LogP contribution in [0.3, 0.4) is 0 Å². The fourth-order valence-corrected chi connectivity index (χ4v) is 2.39. The average molecular weight is 256 g/mol. The van der Waals surface area contributed by atoms with Crippen molar-refractivity contribution in [1.29, 1.82) is 0 Å². The summed E-state index contributed by atoms with van der Waals surface area (Å²) >= 11 is 0. The van der Waals surface area contributed by atoms with Crippen LogP contribution in [0, 0.1) is 0 Å². The van der Waals surface area contributed by atoms with Crippen LogP contribution in [0.4, 0.5) is 0 Å². The second-order valence-corrected chi connectivity index (χ2v) is 5.04. The van der Waals surface area contributed by atoms with Crippen LogP contribution in [-0.4, -0.2) is 12.2 Å². The molecule has 2 atom stereocenters. The summed E-state index contributed by atoms with van der Waals surface area (Å²) in [5.74, 6) is 0. The number of methoxy groups -OCH3 is 1. The molecule has 2 rings (SSSR count). The number of rotatable bonds is 4. The van der Waals surface area contributed by atoms with E-state index in [1.54, 1.807) is 14.0 Å². The molecule has 2 heteroatoms. The topological polar surface area (TPSA) is 29.5 Å². The zero-order chi connectivity index (χ0) is 13.9. The Labute approximate surface area is 114 Å². The van der Waals surface area contributed by atoms with Gasteiger partial charge in [-0.2, -0.15) is 0 Å². The molecular formula is C17H20O2. The molecule has 2 nitrogen and oxygen atoms in total. The Morgan fingerprint density at radius 2 is 1.21 bits per heavy atom. The highest BCUT2D eigenvalue weighted by Crippen LogP contribution is 2.42. The van der Waals surface area contributed by atoms with E-state index in [4.69, 9.17) is 4.74 Å². The lowest BCUT2D eigenvalue weighted by molar-refractivity contribution is -0.163. The van der Waals surface area contributed by atoms with E-state index >= 15 is 0 Å². The van der Waals surface area contributed by atoms with E-state index in [1.807, 2.05) is 67.6 Å². The summed E-state index contributed by atoms with van der Waals surface area (Å²) in [6, 6.07) is 19.4. The molecule has 2 unspecified atom stereocenters. The van der Waals surface area contributed by atoms with Crippen molar-refractivity contribution < 1.29 is 9.84 Å². The van der Waals surface area contributed by atoms with Crippen molar-refractivity contribution in [3.63, 3.8) is 0 Å². The zero-order valence-corrected chi connectivity index (χ0v) is 11.6. The van der Waals surface area contributed by atoms with Crippen molar-refractivity contribution in [3.8, 4) is 0 Å². The van der Waals surface area contributed by atoms with Crippen molar-refractivity contribution in [1.82, 2.24) is 0 Å². The highest BCUT2D eigenvalue weighted by molar-refractivity contribution is 5.32. The maximum Gasteiger partial charge on any atom is 0.122 e. The minimum absolute atomic E-state index is 0.810. The molecule has 0 amide bonds. The number of ether oxygens (including phenoxy) is 1. The molecule has 100 valence electrons. The lowest BCUT2D eigenvalue weighted by Crippen LogP contribution is -2.46. The van der Waals surface area contributed by atoms with Crippen molar-refractivity contribution in [2.24, 2.45) is 0 Å². The molecule has 0 heterocycles. The Bertz CT molecular complexity index is 519. The number of hydrogen-bond acceptors (Lipinski definition) is 2. The van der Waals surface area contributed by atoms with Crippen LogP contribution in [0.2, 0.25) is 0 Å². The molecular weight excluding hydrogens is 236 g/mol. The normalized spacial score (nSPS) is 17.5. The average Bonchev–Trinajstić information content (AvgIpc) is 2.48. The molecule has 0 radical (unpaired) electrons. The van der Waals surface area contributed by atoms with Gasteiger partial charge >= 0.3 is 0 Å². The molecule has 0 aliphatic heterocycles. The Hall–Kier alpha value is -1.64. The van der Waals surface area contributed by atoms with E-state index in [-0.39, 0.29) is 0 Å². The van der Waals surface area contributed by atoms with Crippen LogP contribution < -0.4 is 0 Å². The van der Waals surface area contributed by atoms with Gasteiger partial charge in [0.15, 0.2) is 0 Å². The molecule has 2 aromatic rings. The molecule has 0 aliphatic carbocycles. The Morgan fingerprint density at radius 1 is 0.789 bits per heavy atom. The van der Waals surface area contributed by atoms with E-state index in [9.17, 15) is 5.11 Å². The SMILES string of the molecule is COC(C)(c1ccccc1)C(C)(O)c1ccccc1. The predicted molar refractivity (Wildman–Crippen MR) is 76.8 cm³/mol. The first-order chi connectivity index (χ1) is 9.02.